The molecule has 0 aliphatic heterocycles. The van der Waals surface area contributed by atoms with Crippen LogP contribution in [0, 0.1) is 0 Å². The summed E-state index contributed by atoms with van der Waals surface area (Å²) in [5.41, 5.74) is 0. The summed E-state index contributed by atoms with van der Waals surface area (Å²) in [5, 5.41) is 23.4. The minimum absolute atomic E-state index is 0.0118. The summed E-state index contributed by atoms with van der Waals surface area (Å²) >= 11 is 0. The standard InChI is InChI=1S/C72H141NO5/c1-3-5-7-9-11-13-15-17-19-21-33-36-40-44-48-52-56-60-64-70(75)69(68-74)73-71(76)65-61-57-53-49-45-41-37-34-31-29-27-25-23-22-24-26-28-30-32-35-39-43-47-51-55-59-63-67-78-72(77)66-62-58-54-50-46-42-38-20-18-16-14-12-10-8-6-4-2/h20,38,69-70,74-75H,3-19,21-37,39-68H2,1-2H3,(H,73,76)/b38-20-. The van der Waals surface area contributed by atoms with Crippen LogP contribution in [0.4, 0.5) is 0 Å². The number of aliphatic hydroxyl groups excluding tert-OH is 2. The topological polar surface area (TPSA) is 95.9 Å². The van der Waals surface area contributed by atoms with Gasteiger partial charge in [-0.1, -0.05) is 360 Å². The molecule has 0 saturated heterocycles. The van der Waals surface area contributed by atoms with E-state index < -0.39 is 12.1 Å². The minimum atomic E-state index is -0.662. The van der Waals surface area contributed by atoms with Crippen LogP contribution in [0.15, 0.2) is 12.2 Å². The van der Waals surface area contributed by atoms with Gasteiger partial charge >= 0.3 is 5.97 Å². The van der Waals surface area contributed by atoms with E-state index in [-0.39, 0.29) is 18.5 Å². The molecule has 0 bridgehead atoms. The van der Waals surface area contributed by atoms with Crippen molar-refractivity contribution in [3.05, 3.63) is 12.2 Å². The molecule has 464 valence electrons. The summed E-state index contributed by atoms with van der Waals surface area (Å²) in [5.74, 6) is -0.0161. The van der Waals surface area contributed by atoms with E-state index in [2.05, 4.69) is 31.3 Å². The zero-order valence-electron chi connectivity index (χ0n) is 53.2. The summed E-state index contributed by atoms with van der Waals surface area (Å²) < 4.78 is 5.50. The van der Waals surface area contributed by atoms with E-state index in [9.17, 15) is 19.8 Å². The number of amides is 1. The fraction of sp³-hybridized carbons (Fsp3) is 0.944. The van der Waals surface area contributed by atoms with E-state index in [0.717, 1.165) is 44.9 Å². The molecule has 0 fully saturated rings. The van der Waals surface area contributed by atoms with Gasteiger partial charge in [0.1, 0.15) is 0 Å². The van der Waals surface area contributed by atoms with Crippen LogP contribution >= 0.6 is 0 Å². The zero-order valence-corrected chi connectivity index (χ0v) is 53.2. The van der Waals surface area contributed by atoms with Gasteiger partial charge in [-0.15, -0.1) is 0 Å². The van der Waals surface area contributed by atoms with Crippen LogP contribution in [-0.2, 0) is 14.3 Å². The maximum absolute atomic E-state index is 12.5. The van der Waals surface area contributed by atoms with Crippen molar-refractivity contribution in [3.8, 4) is 0 Å². The number of aliphatic hydroxyl groups is 2. The number of nitrogens with one attached hydrogen (secondary N) is 1. The molecule has 6 heteroatoms. The molecule has 1 amide bonds. The Morgan fingerprint density at radius 2 is 0.603 bits per heavy atom. The van der Waals surface area contributed by atoms with Gasteiger partial charge in [0.2, 0.25) is 5.91 Å². The molecule has 0 spiro atoms. The van der Waals surface area contributed by atoms with Crippen LogP contribution in [0.3, 0.4) is 0 Å². The first-order valence-corrected chi connectivity index (χ1v) is 35.9. The van der Waals surface area contributed by atoms with Crippen molar-refractivity contribution in [2.75, 3.05) is 13.2 Å². The summed E-state index contributed by atoms with van der Waals surface area (Å²) in [6, 6.07) is -0.539. The van der Waals surface area contributed by atoms with Crippen molar-refractivity contribution in [2.24, 2.45) is 0 Å². The molecule has 6 nitrogen and oxygen atoms in total. The lowest BCUT2D eigenvalue weighted by Crippen LogP contribution is -2.45. The molecule has 0 heterocycles. The quantitative estimate of drug-likeness (QED) is 0.0320. The number of carbonyl (C=O) groups excluding carboxylic acids is 2. The Kier molecular flexibility index (Phi) is 66.9. The normalized spacial score (nSPS) is 12.5. The second-order valence-electron chi connectivity index (χ2n) is 24.9. The third kappa shape index (κ3) is 63.8. The largest absolute Gasteiger partial charge is 0.466 e. The number of carbonyl (C=O) groups is 2. The lowest BCUT2D eigenvalue weighted by Gasteiger charge is -2.22. The van der Waals surface area contributed by atoms with Gasteiger partial charge in [0.15, 0.2) is 0 Å². The average Bonchev–Trinajstić information content (AvgIpc) is 3.44. The molecule has 2 unspecified atom stereocenters. The Morgan fingerprint density at radius 3 is 0.910 bits per heavy atom. The molecule has 0 aromatic rings. The Labute approximate surface area is 489 Å². The van der Waals surface area contributed by atoms with E-state index in [1.807, 2.05) is 0 Å². The Balaban J connectivity index is 3.34. The lowest BCUT2D eigenvalue weighted by molar-refractivity contribution is -0.143. The third-order valence-electron chi connectivity index (χ3n) is 17.1. The Hall–Kier alpha value is -1.40. The molecule has 0 aromatic heterocycles. The molecule has 0 radical (unpaired) electrons. The molecule has 2 atom stereocenters. The van der Waals surface area contributed by atoms with E-state index in [4.69, 9.17) is 4.74 Å². The molecule has 3 N–H and O–H groups in total. The predicted molar refractivity (Wildman–Crippen MR) is 343 cm³/mol. The average molecular weight is 1100 g/mol. The molecular formula is C72H141NO5. The van der Waals surface area contributed by atoms with Crippen molar-refractivity contribution in [3.63, 3.8) is 0 Å². The highest BCUT2D eigenvalue weighted by atomic mass is 16.5. The lowest BCUT2D eigenvalue weighted by atomic mass is 10.0. The summed E-state index contributed by atoms with van der Waals surface area (Å²) in [6.45, 7) is 4.99. The maximum Gasteiger partial charge on any atom is 0.305 e. The monoisotopic (exact) mass is 1100 g/mol. The van der Waals surface area contributed by atoms with Gasteiger partial charge in [-0.05, 0) is 51.4 Å². The third-order valence-corrected chi connectivity index (χ3v) is 17.1. The summed E-state index contributed by atoms with van der Waals surface area (Å²) in [6.07, 6.45) is 84.1. The SMILES string of the molecule is CCCCCCCCC/C=C\CCCCCCCC(=O)OCCCCCCCCCCCCCCCCCCCCCCCCCCCCCC(=O)NC(CO)C(O)CCCCCCCCCCCCCCCCCCCC. The Morgan fingerprint density at radius 1 is 0.346 bits per heavy atom. The van der Waals surface area contributed by atoms with E-state index in [1.54, 1.807) is 0 Å². The van der Waals surface area contributed by atoms with Gasteiger partial charge in [-0.3, -0.25) is 9.59 Å². The molecule has 0 aliphatic carbocycles. The van der Waals surface area contributed by atoms with Crippen molar-refractivity contribution in [1.82, 2.24) is 5.32 Å². The van der Waals surface area contributed by atoms with Crippen molar-refractivity contribution >= 4 is 11.9 Å². The van der Waals surface area contributed by atoms with Crippen molar-refractivity contribution in [1.29, 1.82) is 0 Å². The molecule has 78 heavy (non-hydrogen) atoms. The van der Waals surface area contributed by atoms with Crippen LogP contribution in [-0.4, -0.2) is 47.4 Å². The zero-order chi connectivity index (χ0) is 56.4. The fourth-order valence-corrected chi connectivity index (χ4v) is 11.6. The maximum atomic E-state index is 12.5. The minimum Gasteiger partial charge on any atom is -0.466 e. The first-order chi connectivity index (χ1) is 38.5. The number of hydrogen-bond acceptors (Lipinski definition) is 5. The number of ether oxygens (including phenoxy) is 1. The molecule has 0 aliphatic rings. The van der Waals surface area contributed by atoms with Crippen LogP contribution in [0.1, 0.15) is 412 Å². The number of unbranched alkanes of at least 4 members (excludes halogenated alkanes) is 55. The van der Waals surface area contributed by atoms with E-state index in [1.165, 1.54) is 334 Å². The predicted octanol–water partition coefficient (Wildman–Crippen LogP) is 23.1. The number of rotatable bonds is 68. The highest BCUT2D eigenvalue weighted by Gasteiger charge is 2.20. The molecule has 0 saturated carbocycles. The second kappa shape index (κ2) is 68.1. The summed E-state index contributed by atoms with van der Waals surface area (Å²) in [7, 11) is 0. The highest BCUT2D eigenvalue weighted by molar-refractivity contribution is 5.76. The van der Waals surface area contributed by atoms with E-state index >= 15 is 0 Å². The van der Waals surface area contributed by atoms with E-state index in [0.29, 0.717) is 25.9 Å². The van der Waals surface area contributed by atoms with Crippen molar-refractivity contribution < 1.29 is 24.5 Å². The summed E-state index contributed by atoms with van der Waals surface area (Å²) in [4.78, 5) is 24.6. The van der Waals surface area contributed by atoms with Crippen molar-refractivity contribution in [2.45, 2.75) is 424 Å². The van der Waals surface area contributed by atoms with Gasteiger partial charge in [0.25, 0.3) is 0 Å². The number of allylic oxidation sites excluding steroid dienone is 2. The Bertz CT molecular complexity index is 1180. The second-order valence-corrected chi connectivity index (χ2v) is 24.9. The van der Waals surface area contributed by atoms with Gasteiger partial charge in [0, 0.05) is 12.8 Å². The smallest absolute Gasteiger partial charge is 0.305 e. The highest BCUT2D eigenvalue weighted by Crippen LogP contribution is 2.19. The van der Waals surface area contributed by atoms with Crippen LogP contribution in [0.25, 0.3) is 0 Å². The number of esters is 1. The van der Waals surface area contributed by atoms with Gasteiger partial charge in [-0.2, -0.15) is 0 Å². The fourth-order valence-electron chi connectivity index (χ4n) is 11.6. The number of hydrogen-bond donors (Lipinski definition) is 3. The van der Waals surface area contributed by atoms with Crippen LogP contribution in [0.2, 0.25) is 0 Å². The molecule has 0 rings (SSSR count). The van der Waals surface area contributed by atoms with Gasteiger partial charge in [0.05, 0.1) is 25.4 Å². The molecular weight excluding hydrogens is 959 g/mol. The first kappa shape index (κ1) is 76.6. The van der Waals surface area contributed by atoms with Crippen LogP contribution in [0.5, 0.6) is 0 Å². The molecule has 0 aromatic carbocycles. The van der Waals surface area contributed by atoms with Crippen LogP contribution < -0.4 is 5.32 Å². The first-order valence-electron chi connectivity index (χ1n) is 35.9. The van der Waals surface area contributed by atoms with Gasteiger partial charge < -0.3 is 20.3 Å². The van der Waals surface area contributed by atoms with Gasteiger partial charge in [-0.25, -0.2) is 0 Å².